The maximum atomic E-state index is 12.1. The number of ether oxygens (including phenoxy) is 2. The second kappa shape index (κ2) is 8.79. The summed E-state index contributed by atoms with van der Waals surface area (Å²) >= 11 is 0. The molecule has 2 rings (SSSR count). The van der Waals surface area contributed by atoms with Crippen LogP contribution in [0.3, 0.4) is 0 Å². The van der Waals surface area contributed by atoms with Crippen LogP contribution in [0.4, 0.5) is 10.5 Å². The molecule has 0 fully saturated rings. The Balaban J connectivity index is 2.14. The van der Waals surface area contributed by atoms with Gasteiger partial charge in [-0.15, -0.1) is 0 Å². The SMILES string of the molecule is C[C@@H](NC(=O)OC(C)(C)C)C(OCc1cccc([N+](=O)[O-])c1)c1ncnn1C. The van der Waals surface area contributed by atoms with Crippen LogP contribution >= 0.6 is 0 Å². The number of aromatic nitrogens is 3. The van der Waals surface area contributed by atoms with E-state index in [0.717, 1.165) is 0 Å². The maximum absolute atomic E-state index is 12.1. The number of amides is 1. The fourth-order valence-electron chi connectivity index (χ4n) is 2.52. The van der Waals surface area contributed by atoms with Gasteiger partial charge < -0.3 is 14.8 Å². The van der Waals surface area contributed by atoms with E-state index >= 15 is 0 Å². The van der Waals surface area contributed by atoms with Crippen molar-refractivity contribution in [2.24, 2.45) is 7.05 Å². The van der Waals surface area contributed by atoms with E-state index in [1.165, 1.54) is 18.5 Å². The molecule has 1 aromatic carbocycles. The Morgan fingerprint density at radius 2 is 2.11 bits per heavy atom. The summed E-state index contributed by atoms with van der Waals surface area (Å²) in [5.74, 6) is 0.508. The first-order chi connectivity index (χ1) is 13.1. The standard InChI is InChI=1S/C18H25N5O5/c1-12(21-17(24)28-18(2,3)4)15(16-19-11-20-22(16)5)27-10-13-7-6-8-14(9-13)23(25)26/h6-9,11-12,15H,10H2,1-5H3,(H,21,24)/t12-,15?/m1/s1. The highest BCUT2D eigenvalue weighted by Gasteiger charge is 2.28. The largest absolute Gasteiger partial charge is 0.444 e. The van der Waals surface area contributed by atoms with Crippen LogP contribution in [0.15, 0.2) is 30.6 Å². The summed E-state index contributed by atoms with van der Waals surface area (Å²) in [5, 5.41) is 17.7. The molecule has 10 heteroatoms. The highest BCUT2D eigenvalue weighted by molar-refractivity contribution is 5.68. The number of nitro benzene ring substituents is 1. The van der Waals surface area contributed by atoms with Gasteiger partial charge in [0, 0.05) is 19.2 Å². The number of benzene rings is 1. The Labute approximate surface area is 163 Å². The number of alkyl carbamates (subject to hydrolysis) is 1. The molecule has 0 radical (unpaired) electrons. The summed E-state index contributed by atoms with van der Waals surface area (Å²) < 4.78 is 12.8. The number of carbonyl (C=O) groups excluding carboxylic acids is 1. The minimum atomic E-state index is -0.640. The van der Waals surface area contributed by atoms with Crippen molar-refractivity contribution >= 4 is 11.8 Å². The van der Waals surface area contributed by atoms with Crippen LogP contribution in [0.1, 0.15) is 45.2 Å². The quantitative estimate of drug-likeness (QED) is 0.569. The fourth-order valence-corrected chi connectivity index (χ4v) is 2.52. The van der Waals surface area contributed by atoms with Crippen molar-refractivity contribution in [2.75, 3.05) is 0 Å². The Hall–Kier alpha value is -3.01. The summed E-state index contributed by atoms with van der Waals surface area (Å²) in [5.41, 5.74) is -0.0180. The van der Waals surface area contributed by atoms with Gasteiger partial charge in [0.05, 0.1) is 17.6 Å². The molecule has 0 bridgehead atoms. The number of hydrogen-bond donors (Lipinski definition) is 1. The minimum absolute atomic E-state index is 0.0174. The summed E-state index contributed by atoms with van der Waals surface area (Å²) in [4.78, 5) is 26.8. The van der Waals surface area contributed by atoms with Gasteiger partial charge in [0.15, 0.2) is 5.82 Å². The molecule has 1 N–H and O–H groups in total. The highest BCUT2D eigenvalue weighted by atomic mass is 16.6. The van der Waals surface area contributed by atoms with Gasteiger partial charge in [-0.05, 0) is 33.3 Å². The zero-order chi connectivity index (χ0) is 20.9. The van der Waals surface area contributed by atoms with Gasteiger partial charge in [0.2, 0.25) is 0 Å². The molecule has 152 valence electrons. The van der Waals surface area contributed by atoms with Gasteiger partial charge in [-0.1, -0.05) is 12.1 Å². The molecule has 0 aliphatic carbocycles. The number of carbonyl (C=O) groups is 1. The molecule has 0 saturated heterocycles. The number of hydrogen-bond acceptors (Lipinski definition) is 7. The van der Waals surface area contributed by atoms with Crippen LogP contribution in [0.5, 0.6) is 0 Å². The number of non-ortho nitro benzene ring substituents is 1. The van der Waals surface area contributed by atoms with Gasteiger partial charge >= 0.3 is 6.09 Å². The lowest BCUT2D eigenvalue weighted by Gasteiger charge is -2.26. The summed E-state index contributed by atoms with van der Waals surface area (Å²) in [6, 6.07) is 5.69. The third kappa shape index (κ3) is 6.02. The molecule has 28 heavy (non-hydrogen) atoms. The molecule has 0 aliphatic heterocycles. The van der Waals surface area contributed by atoms with Crippen molar-refractivity contribution in [3.05, 3.63) is 52.1 Å². The van der Waals surface area contributed by atoms with Crippen molar-refractivity contribution < 1.29 is 19.2 Å². The van der Waals surface area contributed by atoms with Crippen molar-refractivity contribution in [1.82, 2.24) is 20.1 Å². The molecule has 2 aromatic rings. The van der Waals surface area contributed by atoms with Crippen LogP contribution in [0.25, 0.3) is 0 Å². The second-order valence-electron chi connectivity index (χ2n) is 7.34. The molecule has 2 atom stereocenters. The Morgan fingerprint density at radius 1 is 1.39 bits per heavy atom. The van der Waals surface area contributed by atoms with Gasteiger partial charge in [-0.2, -0.15) is 5.10 Å². The second-order valence-corrected chi connectivity index (χ2v) is 7.34. The van der Waals surface area contributed by atoms with Gasteiger partial charge in [-0.25, -0.2) is 9.78 Å². The predicted molar refractivity (Wildman–Crippen MR) is 100 cm³/mol. The van der Waals surface area contributed by atoms with Crippen LogP contribution in [-0.4, -0.2) is 37.4 Å². The molecular weight excluding hydrogens is 366 g/mol. The Kier molecular flexibility index (Phi) is 6.68. The number of nitrogens with one attached hydrogen (secondary N) is 1. The molecule has 1 amide bonds. The molecule has 1 unspecified atom stereocenters. The number of rotatable bonds is 7. The third-order valence-electron chi connectivity index (χ3n) is 3.75. The lowest BCUT2D eigenvalue weighted by Crippen LogP contribution is -2.41. The van der Waals surface area contributed by atoms with E-state index in [4.69, 9.17) is 9.47 Å². The molecule has 1 aromatic heterocycles. The summed E-state index contributed by atoms with van der Waals surface area (Å²) in [6.07, 6.45) is 0.171. The van der Waals surface area contributed by atoms with Crippen molar-refractivity contribution in [3.63, 3.8) is 0 Å². The molecule has 0 spiro atoms. The zero-order valence-electron chi connectivity index (χ0n) is 16.6. The van der Waals surface area contributed by atoms with Gasteiger partial charge in [0.1, 0.15) is 18.0 Å². The van der Waals surface area contributed by atoms with Crippen LogP contribution in [0, 0.1) is 10.1 Å². The monoisotopic (exact) mass is 391 g/mol. The number of aryl methyl sites for hydroxylation is 1. The molecule has 1 heterocycles. The predicted octanol–water partition coefficient (Wildman–Crippen LogP) is 2.89. The van der Waals surface area contributed by atoms with E-state index in [1.807, 2.05) is 0 Å². The number of nitrogens with zero attached hydrogens (tertiary/aromatic N) is 4. The average molecular weight is 391 g/mol. The van der Waals surface area contributed by atoms with E-state index in [1.54, 1.807) is 51.6 Å². The van der Waals surface area contributed by atoms with E-state index in [0.29, 0.717) is 11.4 Å². The van der Waals surface area contributed by atoms with E-state index in [9.17, 15) is 14.9 Å². The first-order valence-corrected chi connectivity index (χ1v) is 8.75. The minimum Gasteiger partial charge on any atom is -0.444 e. The summed E-state index contributed by atoms with van der Waals surface area (Å²) in [7, 11) is 1.71. The van der Waals surface area contributed by atoms with Gasteiger partial charge in [-0.3, -0.25) is 14.8 Å². The lowest BCUT2D eigenvalue weighted by molar-refractivity contribution is -0.385. The average Bonchev–Trinajstić information content (AvgIpc) is 2.99. The molecule has 10 nitrogen and oxygen atoms in total. The zero-order valence-corrected chi connectivity index (χ0v) is 16.6. The van der Waals surface area contributed by atoms with Crippen molar-refractivity contribution in [1.29, 1.82) is 0 Å². The van der Waals surface area contributed by atoms with Crippen LogP contribution in [-0.2, 0) is 23.1 Å². The maximum Gasteiger partial charge on any atom is 0.407 e. The van der Waals surface area contributed by atoms with Crippen LogP contribution in [0.2, 0.25) is 0 Å². The van der Waals surface area contributed by atoms with Crippen LogP contribution < -0.4 is 5.32 Å². The lowest BCUT2D eigenvalue weighted by atomic mass is 10.1. The number of nitro groups is 1. The smallest absolute Gasteiger partial charge is 0.407 e. The summed E-state index contributed by atoms with van der Waals surface area (Å²) in [6.45, 7) is 7.18. The molecule has 0 saturated carbocycles. The first-order valence-electron chi connectivity index (χ1n) is 8.75. The Bertz CT molecular complexity index is 830. The fraction of sp³-hybridized carbons (Fsp3) is 0.500. The molecule has 0 aliphatic rings. The van der Waals surface area contributed by atoms with Crippen molar-refractivity contribution in [3.8, 4) is 0 Å². The Morgan fingerprint density at radius 3 is 2.68 bits per heavy atom. The first kappa shape index (κ1) is 21.3. The third-order valence-corrected chi connectivity index (χ3v) is 3.75. The topological polar surface area (TPSA) is 121 Å². The highest BCUT2D eigenvalue weighted by Crippen LogP contribution is 2.22. The van der Waals surface area contributed by atoms with Gasteiger partial charge in [0.25, 0.3) is 5.69 Å². The van der Waals surface area contributed by atoms with E-state index < -0.39 is 28.8 Å². The van der Waals surface area contributed by atoms with Crippen molar-refractivity contribution in [2.45, 2.75) is 52.0 Å². The normalized spacial score (nSPS) is 13.6. The van der Waals surface area contributed by atoms with E-state index in [-0.39, 0.29) is 12.3 Å². The van der Waals surface area contributed by atoms with E-state index in [2.05, 4.69) is 15.4 Å². The molecular formula is C18H25N5O5.